The zero-order valence-electron chi connectivity index (χ0n) is 8.55. The zero-order valence-corrected chi connectivity index (χ0v) is 9.36. The zero-order chi connectivity index (χ0) is 9.40. The minimum Gasteiger partial charge on any atom is -0.327 e. The van der Waals surface area contributed by atoms with Crippen molar-refractivity contribution in [3.8, 4) is 0 Å². The SMILES string of the molecule is CCCN(C)C[C@H](N)CCSC. The number of nitrogens with zero attached hydrogens (tertiary/aromatic N) is 1. The Bertz CT molecular complexity index is 98.5. The lowest BCUT2D eigenvalue weighted by Gasteiger charge is -2.20. The lowest BCUT2D eigenvalue weighted by molar-refractivity contribution is 0.309. The molecule has 0 fully saturated rings. The summed E-state index contributed by atoms with van der Waals surface area (Å²) in [5, 5.41) is 0. The highest BCUT2D eigenvalue weighted by atomic mass is 32.2. The van der Waals surface area contributed by atoms with Crippen LogP contribution in [0.4, 0.5) is 0 Å². The maximum absolute atomic E-state index is 5.94. The van der Waals surface area contributed by atoms with Gasteiger partial charge in [-0.25, -0.2) is 0 Å². The third-order valence-electron chi connectivity index (χ3n) is 1.84. The number of thioether (sulfide) groups is 1. The number of hydrogen-bond donors (Lipinski definition) is 1. The average molecular weight is 190 g/mol. The number of nitrogens with two attached hydrogens (primary N) is 1. The highest BCUT2D eigenvalue weighted by molar-refractivity contribution is 7.98. The Kier molecular flexibility index (Phi) is 8.07. The average Bonchev–Trinajstić information content (AvgIpc) is 2.01. The van der Waals surface area contributed by atoms with Crippen LogP contribution < -0.4 is 5.73 Å². The number of hydrogen-bond acceptors (Lipinski definition) is 3. The van der Waals surface area contributed by atoms with Gasteiger partial charge in [0.2, 0.25) is 0 Å². The summed E-state index contributed by atoms with van der Waals surface area (Å²) in [4.78, 5) is 2.31. The van der Waals surface area contributed by atoms with Crippen molar-refractivity contribution in [3.05, 3.63) is 0 Å². The van der Waals surface area contributed by atoms with E-state index in [1.54, 1.807) is 0 Å². The van der Waals surface area contributed by atoms with Gasteiger partial charge in [0.25, 0.3) is 0 Å². The molecule has 2 N–H and O–H groups in total. The first-order valence-corrected chi connectivity index (χ1v) is 6.03. The maximum Gasteiger partial charge on any atom is 0.0175 e. The summed E-state index contributed by atoms with van der Waals surface area (Å²) in [6.45, 7) is 4.39. The van der Waals surface area contributed by atoms with Crippen molar-refractivity contribution in [2.24, 2.45) is 5.73 Å². The van der Waals surface area contributed by atoms with E-state index in [1.165, 1.54) is 12.2 Å². The molecular formula is C9H22N2S. The molecule has 0 aliphatic carbocycles. The summed E-state index contributed by atoms with van der Waals surface area (Å²) in [6.07, 6.45) is 4.48. The van der Waals surface area contributed by atoms with Gasteiger partial charge in [0, 0.05) is 12.6 Å². The third kappa shape index (κ3) is 6.95. The smallest absolute Gasteiger partial charge is 0.0175 e. The molecule has 0 saturated carbocycles. The molecule has 12 heavy (non-hydrogen) atoms. The maximum atomic E-state index is 5.94. The topological polar surface area (TPSA) is 29.3 Å². The minimum atomic E-state index is 0.356. The van der Waals surface area contributed by atoms with Gasteiger partial charge >= 0.3 is 0 Å². The van der Waals surface area contributed by atoms with Crippen LogP contribution in [0.5, 0.6) is 0 Å². The van der Waals surface area contributed by atoms with Crippen molar-refractivity contribution in [2.75, 3.05) is 32.1 Å². The molecule has 2 nitrogen and oxygen atoms in total. The van der Waals surface area contributed by atoms with Crippen molar-refractivity contribution < 1.29 is 0 Å². The Morgan fingerprint density at radius 1 is 1.50 bits per heavy atom. The van der Waals surface area contributed by atoms with E-state index in [2.05, 4.69) is 25.1 Å². The van der Waals surface area contributed by atoms with Gasteiger partial charge in [-0.05, 0) is 38.4 Å². The molecule has 3 heteroatoms. The van der Waals surface area contributed by atoms with Crippen molar-refractivity contribution in [1.29, 1.82) is 0 Å². The molecule has 0 radical (unpaired) electrons. The van der Waals surface area contributed by atoms with Gasteiger partial charge in [-0.2, -0.15) is 11.8 Å². The van der Waals surface area contributed by atoms with Crippen LogP contribution in [0.25, 0.3) is 0 Å². The summed E-state index contributed by atoms with van der Waals surface area (Å²) < 4.78 is 0. The summed E-state index contributed by atoms with van der Waals surface area (Å²) in [5.41, 5.74) is 5.94. The molecule has 0 aliphatic rings. The first-order chi connectivity index (χ1) is 5.70. The summed E-state index contributed by atoms with van der Waals surface area (Å²) in [7, 11) is 2.14. The molecule has 0 saturated heterocycles. The van der Waals surface area contributed by atoms with E-state index in [9.17, 15) is 0 Å². The van der Waals surface area contributed by atoms with Crippen molar-refractivity contribution in [1.82, 2.24) is 4.90 Å². The third-order valence-corrected chi connectivity index (χ3v) is 2.49. The Labute approximate surface area is 80.9 Å². The minimum absolute atomic E-state index is 0.356. The van der Waals surface area contributed by atoms with Crippen LogP contribution >= 0.6 is 11.8 Å². The van der Waals surface area contributed by atoms with E-state index < -0.39 is 0 Å². The standard InChI is InChI=1S/C9H22N2S/c1-4-6-11(2)8-9(10)5-7-12-3/h9H,4-8,10H2,1-3H3/t9-/m1/s1. The monoisotopic (exact) mass is 190 g/mol. The Morgan fingerprint density at radius 2 is 2.17 bits per heavy atom. The molecule has 0 bridgehead atoms. The molecule has 0 aromatic rings. The Hall–Kier alpha value is 0.270. The van der Waals surface area contributed by atoms with Crippen LogP contribution in [-0.4, -0.2) is 43.1 Å². The van der Waals surface area contributed by atoms with Gasteiger partial charge in [-0.1, -0.05) is 6.92 Å². The Morgan fingerprint density at radius 3 is 2.67 bits per heavy atom. The molecule has 0 amide bonds. The van der Waals surface area contributed by atoms with E-state index in [1.807, 2.05) is 11.8 Å². The molecule has 0 aromatic carbocycles. The van der Waals surface area contributed by atoms with Crippen LogP contribution in [0.15, 0.2) is 0 Å². The van der Waals surface area contributed by atoms with E-state index in [-0.39, 0.29) is 0 Å². The van der Waals surface area contributed by atoms with Crippen molar-refractivity contribution >= 4 is 11.8 Å². The lowest BCUT2D eigenvalue weighted by Crippen LogP contribution is -2.36. The first kappa shape index (κ1) is 12.3. The fourth-order valence-electron chi connectivity index (χ4n) is 1.23. The fourth-order valence-corrected chi connectivity index (χ4v) is 1.77. The van der Waals surface area contributed by atoms with Gasteiger partial charge < -0.3 is 10.6 Å². The summed E-state index contributed by atoms with van der Waals surface area (Å²) >= 11 is 1.87. The molecule has 0 aromatic heterocycles. The first-order valence-electron chi connectivity index (χ1n) is 4.63. The van der Waals surface area contributed by atoms with Gasteiger partial charge in [-0.3, -0.25) is 0 Å². The number of likely N-dealkylation sites (N-methyl/N-ethyl adjacent to an activating group) is 1. The summed E-state index contributed by atoms with van der Waals surface area (Å²) in [6, 6.07) is 0.356. The summed E-state index contributed by atoms with van der Waals surface area (Å²) in [5.74, 6) is 1.18. The van der Waals surface area contributed by atoms with Crippen LogP contribution in [0.3, 0.4) is 0 Å². The van der Waals surface area contributed by atoms with Crippen LogP contribution in [0, 0.1) is 0 Å². The molecule has 0 unspecified atom stereocenters. The van der Waals surface area contributed by atoms with E-state index in [4.69, 9.17) is 5.73 Å². The van der Waals surface area contributed by atoms with E-state index in [0.717, 1.165) is 19.5 Å². The van der Waals surface area contributed by atoms with Gasteiger partial charge in [0.05, 0.1) is 0 Å². The second-order valence-corrected chi connectivity index (χ2v) is 4.29. The quantitative estimate of drug-likeness (QED) is 0.658. The number of rotatable bonds is 7. The largest absolute Gasteiger partial charge is 0.327 e. The van der Waals surface area contributed by atoms with Crippen LogP contribution in [0.2, 0.25) is 0 Å². The molecule has 0 spiro atoms. The second-order valence-electron chi connectivity index (χ2n) is 3.30. The van der Waals surface area contributed by atoms with Crippen molar-refractivity contribution in [2.45, 2.75) is 25.8 Å². The molecule has 0 aliphatic heterocycles. The predicted octanol–water partition coefficient (Wildman–Crippen LogP) is 1.41. The van der Waals surface area contributed by atoms with Crippen LogP contribution in [-0.2, 0) is 0 Å². The molecule has 0 heterocycles. The second kappa shape index (κ2) is 7.90. The van der Waals surface area contributed by atoms with E-state index in [0.29, 0.717) is 6.04 Å². The van der Waals surface area contributed by atoms with Crippen LogP contribution in [0.1, 0.15) is 19.8 Å². The van der Waals surface area contributed by atoms with Gasteiger partial charge in [0.15, 0.2) is 0 Å². The lowest BCUT2D eigenvalue weighted by atomic mass is 10.2. The molecular weight excluding hydrogens is 168 g/mol. The van der Waals surface area contributed by atoms with E-state index >= 15 is 0 Å². The predicted molar refractivity (Wildman–Crippen MR) is 58.8 cm³/mol. The fraction of sp³-hybridized carbons (Fsp3) is 1.00. The van der Waals surface area contributed by atoms with Gasteiger partial charge in [0.1, 0.15) is 0 Å². The molecule has 0 rings (SSSR count). The normalized spacial score (nSPS) is 13.8. The molecule has 74 valence electrons. The highest BCUT2D eigenvalue weighted by Crippen LogP contribution is 2.00. The van der Waals surface area contributed by atoms with Gasteiger partial charge in [-0.15, -0.1) is 0 Å². The Balaban J connectivity index is 3.33. The molecule has 1 atom stereocenters. The van der Waals surface area contributed by atoms with Crippen molar-refractivity contribution in [3.63, 3.8) is 0 Å². The highest BCUT2D eigenvalue weighted by Gasteiger charge is 2.04.